The highest BCUT2D eigenvalue weighted by atomic mass is 16.4. The summed E-state index contributed by atoms with van der Waals surface area (Å²) in [5, 5.41) is 5.83. The highest BCUT2D eigenvalue weighted by Crippen LogP contribution is 2.43. The molecular weight excluding hydrogens is 552 g/mol. The van der Waals surface area contributed by atoms with E-state index in [1.54, 1.807) is 0 Å². The average Bonchev–Trinajstić information content (AvgIpc) is 3.80. The molecule has 0 amide bonds. The lowest BCUT2D eigenvalue weighted by molar-refractivity contribution is 0.580. The van der Waals surface area contributed by atoms with E-state index in [1.165, 1.54) is 44.2 Å². The number of rotatable bonds is 3. The number of fused-ring (bicyclic) bond motifs is 10. The first kappa shape index (κ1) is 24.6. The summed E-state index contributed by atoms with van der Waals surface area (Å²) >= 11 is 0. The van der Waals surface area contributed by atoms with Gasteiger partial charge in [-0.25, -0.2) is 4.98 Å². The molecule has 0 bridgehead atoms. The molecule has 9 aromatic rings. The second-order valence-electron chi connectivity index (χ2n) is 11.9. The highest BCUT2D eigenvalue weighted by molar-refractivity contribution is 6.18. The first-order valence-electron chi connectivity index (χ1n) is 15.4. The number of nitrogens with zero attached hydrogens (tertiary/aromatic N) is 2. The van der Waals surface area contributed by atoms with Crippen LogP contribution in [0.1, 0.15) is 23.6 Å². The highest BCUT2D eigenvalue weighted by Gasteiger charge is 2.25. The van der Waals surface area contributed by atoms with Crippen molar-refractivity contribution in [1.82, 2.24) is 9.55 Å². The maximum atomic E-state index is 6.53. The van der Waals surface area contributed by atoms with Crippen molar-refractivity contribution in [2.45, 2.75) is 12.8 Å². The smallest absolute Gasteiger partial charge is 0.223 e. The first-order chi connectivity index (χ1) is 22.3. The van der Waals surface area contributed by atoms with Crippen LogP contribution in [0, 0.1) is 0 Å². The third kappa shape index (κ3) is 3.63. The summed E-state index contributed by atoms with van der Waals surface area (Å²) < 4.78 is 15.2. The minimum atomic E-state index is 0.678. The Bertz CT molecular complexity index is 2640. The van der Waals surface area contributed by atoms with Crippen molar-refractivity contribution in [2.75, 3.05) is 0 Å². The lowest BCUT2D eigenvalue weighted by Crippen LogP contribution is -2.05. The van der Waals surface area contributed by atoms with Crippen LogP contribution in [0.2, 0.25) is 0 Å². The van der Waals surface area contributed by atoms with Gasteiger partial charge in [-0.15, -0.1) is 0 Å². The molecule has 0 saturated carbocycles. The standard InChI is InChI=1S/C41H26N2O2/c1-3-9-25(10-4-1)27-17-20-35-32(23-27)39-36(44-35)21-22-37-40(39)42-41(45-37)28-16-18-33-31(24-28)38-30-14-8-7-11-26(30)15-19-34(38)43(33)29-12-5-2-6-13-29/h1-15,17,19-24H,16,18H2. The summed E-state index contributed by atoms with van der Waals surface area (Å²) in [5.74, 6) is 0.678. The van der Waals surface area contributed by atoms with Crippen molar-refractivity contribution in [1.29, 1.82) is 0 Å². The normalized spacial score (nSPS) is 13.3. The fourth-order valence-electron chi connectivity index (χ4n) is 7.28. The number of hydrogen-bond donors (Lipinski definition) is 0. The molecule has 6 aromatic carbocycles. The molecule has 0 spiro atoms. The lowest BCUT2D eigenvalue weighted by atomic mass is 9.94. The molecule has 0 fully saturated rings. The van der Waals surface area contributed by atoms with Crippen molar-refractivity contribution < 1.29 is 8.83 Å². The second kappa shape index (κ2) is 9.31. The molecule has 0 unspecified atom stereocenters. The molecule has 45 heavy (non-hydrogen) atoms. The van der Waals surface area contributed by atoms with Crippen molar-refractivity contribution in [2.24, 2.45) is 0 Å². The van der Waals surface area contributed by atoms with Gasteiger partial charge in [0.25, 0.3) is 0 Å². The predicted molar refractivity (Wildman–Crippen MR) is 184 cm³/mol. The van der Waals surface area contributed by atoms with E-state index >= 15 is 0 Å². The zero-order valence-corrected chi connectivity index (χ0v) is 24.3. The molecule has 1 aliphatic carbocycles. The van der Waals surface area contributed by atoms with Crippen LogP contribution in [0.3, 0.4) is 0 Å². The summed E-state index contributed by atoms with van der Waals surface area (Å²) in [6.07, 6.45) is 4.05. The van der Waals surface area contributed by atoms with E-state index in [-0.39, 0.29) is 0 Å². The van der Waals surface area contributed by atoms with Gasteiger partial charge in [-0.1, -0.05) is 84.9 Å². The van der Waals surface area contributed by atoms with Gasteiger partial charge in [0, 0.05) is 33.3 Å². The third-order valence-electron chi connectivity index (χ3n) is 9.34. The first-order valence-corrected chi connectivity index (χ1v) is 15.4. The minimum Gasteiger partial charge on any atom is -0.456 e. The Morgan fingerprint density at radius 1 is 0.578 bits per heavy atom. The molecule has 0 N–H and O–H groups in total. The summed E-state index contributed by atoms with van der Waals surface area (Å²) in [6, 6.07) is 44.7. The quantitative estimate of drug-likeness (QED) is 0.209. The molecule has 0 saturated heterocycles. The number of para-hydroxylation sites is 1. The van der Waals surface area contributed by atoms with Crippen molar-refractivity contribution in [3.8, 4) is 16.8 Å². The molecule has 0 radical (unpaired) electrons. The largest absolute Gasteiger partial charge is 0.456 e. The molecule has 4 heteroatoms. The monoisotopic (exact) mass is 578 g/mol. The van der Waals surface area contributed by atoms with Crippen LogP contribution in [-0.2, 0) is 6.42 Å². The van der Waals surface area contributed by atoms with Gasteiger partial charge < -0.3 is 13.4 Å². The Morgan fingerprint density at radius 2 is 1.36 bits per heavy atom. The molecule has 1 aliphatic rings. The van der Waals surface area contributed by atoms with E-state index in [9.17, 15) is 0 Å². The van der Waals surface area contributed by atoms with E-state index in [1.807, 2.05) is 18.2 Å². The molecule has 3 heterocycles. The van der Waals surface area contributed by atoms with E-state index in [2.05, 4.69) is 120 Å². The van der Waals surface area contributed by atoms with E-state index < -0.39 is 0 Å². The summed E-state index contributed by atoms with van der Waals surface area (Å²) in [4.78, 5) is 5.17. The Labute approximate surface area is 258 Å². The van der Waals surface area contributed by atoms with Gasteiger partial charge in [0.15, 0.2) is 5.58 Å². The minimum absolute atomic E-state index is 0.678. The fourth-order valence-corrected chi connectivity index (χ4v) is 7.28. The number of aromatic nitrogens is 2. The molecule has 0 atom stereocenters. The number of hydrogen-bond acceptors (Lipinski definition) is 3. The van der Waals surface area contributed by atoms with E-state index in [0.717, 1.165) is 57.0 Å². The van der Waals surface area contributed by atoms with Gasteiger partial charge in [-0.3, -0.25) is 0 Å². The van der Waals surface area contributed by atoms with Gasteiger partial charge in [0.2, 0.25) is 5.89 Å². The maximum absolute atomic E-state index is 6.53. The van der Waals surface area contributed by atoms with Crippen LogP contribution in [0.4, 0.5) is 0 Å². The Balaban J connectivity index is 1.19. The third-order valence-corrected chi connectivity index (χ3v) is 9.34. The van der Waals surface area contributed by atoms with Gasteiger partial charge in [0.05, 0.1) is 10.9 Å². The van der Waals surface area contributed by atoms with Crippen LogP contribution in [0.15, 0.2) is 136 Å². The van der Waals surface area contributed by atoms with E-state index in [0.29, 0.717) is 5.89 Å². The molecule has 0 aliphatic heterocycles. The SMILES string of the molecule is C1=C(c2nc3c(ccc4oc5ccc(-c6ccccc6)cc5c43)o2)CCc2c1c1c3ccccc3ccc1n2-c1ccccc1. The summed E-state index contributed by atoms with van der Waals surface area (Å²) in [5.41, 5.74) is 11.7. The fraction of sp³-hybridized carbons (Fsp3) is 0.0488. The molecule has 10 rings (SSSR count). The predicted octanol–water partition coefficient (Wildman–Crippen LogP) is 11.0. The number of benzene rings is 6. The number of oxazole rings is 1. The molecule has 3 aromatic heterocycles. The van der Waals surface area contributed by atoms with Crippen LogP contribution in [0.5, 0.6) is 0 Å². The Hall–Kier alpha value is -5.87. The molecular formula is C41H26N2O2. The Morgan fingerprint density at radius 3 is 2.24 bits per heavy atom. The van der Waals surface area contributed by atoms with Crippen LogP contribution in [0.25, 0.3) is 83.2 Å². The number of furan rings is 1. The van der Waals surface area contributed by atoms with Crippen molar-refractivity contribution in [3.63, 3.8) is 0 Å². The van der Waals surface area contributed by atoms with Crippen molar-refractivity contribution >= 4 is 66.4 Å². The number of allylic oxidation sites excluding steroid dienone is 1. The molecule has 212 valence electrons. The topological polar surface area (TPSA) is 44.1 Å². The van der Waals surface area contributed by atoms with Crippen molar-refractivity contribution in [3.05, 3.63) is 145 Å². The van der Waals surface area contributed by atoms with E-state index in [4.69, 9.17) is 13.8 Å². The van der Waals surface area contributed by atoms with Gasteiger partial charge in [-0.2, -0.15) is 0 Å². The maximum Gasteiger partial charge on any atom is 0.223 e. The van der Waals surface area contributed by atoms with Gasteiger partial charge >= 0.3 is 0 Å². The average molecular weight is 579 g/mol. The zero-order chi connectivity index (χ0) is 29.5. The zero-order valence-electron chi connectivity index (χ0n) is 24.3. The van der Waals surface area contributed by atoms with Crippen LogP contribution < -0.4 is 0 Å². The van der Waals surface area contributed by atoms with Gasteiger partial charge in [-0.05, 0) is 83.3 Å². The summed E-state index contributed by atoms with van der Waals surface area (Å²) in [6.45, 7) is 0. The lowest BCUT2D eigenvalue weighted by Gasteiger charge is -2.16. The second-order valence-corrected chi connectivity index (χ2v) is 11.9. The van der Waals surface area contributed by atoms with Crippen LogP contribution in [-0.4, -0.2) is 9.55 Å². The van der Waals surface area contributed by atoms with Crippen LogP contribution >= 0.6 is 0 Å². The molecule has 4 nitrogen and oxygen atoms in total. The van der Waals surface area contributed by atoms with Gasteiger partial charge in [0.1, 0.15) is 16.7 Å². The Kier molecular flexibility index (Phi) is 5.08. The summed E-state index contributed by atoms with van der Waals surface area (Å²) in [7, 11) is 0.